The zero-order chi connectivity index (χ0) is 32.0. The van der Waals surface area contributed by atoms with Gasteiger partial charge in [-0.25, -0.2) is 4.39 Å². The summed E-state index contributed by atoms with van der Waals surface area (Å²) in [6.07, 6.45) is 7.58. The number of para-hydroxylation sites is 1. The molecule has 3 N–H and O–H groups in total. The number of halogens is 1. The highest BCUT2D eigenvalue weighted by atomic mass is 19.1. The second kappa shape index (κ2) is 14.0. The van der Waals surface area contributed by atoms with Gasteiger partial charge in [0.1, 0.15) is 11.9 Å². The van der Waals surface area contributed by atoms with Crippen molar-refractivity contribution in [2.75, 3.05) is 11.9 Å². The van der Waals surface area contributed by atoms with Gasteiger partial charge < -0.3 is 20.7 Å². The molecule has 0 bridgehead atoms. The van der Waals surface area contributed by atoms with Crippen LogP contribution in [0.2, 0.25) is 0 Å². The van der Waals surface area contributed by atoms with E-state index in [0.717, 1.165) is 16.7 Å². The minimum Gasteiger partial charge on any atom is -0.350 e. The Morgan fingerprint density at radius 3 is 2.58 bits per heavy atom. The van der Waals surface area contributed by atoms with Crippen molar-refractivity contribution < 1.29 is 23.5 Å². The lowest BCUT2D eigenvalue weighted by Crippen LogP contribution is -2.59. The van der Waals surface area contributed by atoms with Crippen molar-refractivity contribution in [2.45, 2.75) is 57.6 Å². The maximum Gasteiger partial charge on any atom is 0.243 e. The number of carbonyl (C=O) groups is 3. The Morgan fingerprint density at radius 1 is 1.04 bits per heavy atom. The first-order valence-electron chi connectivity index (χ1n) is 15.2. The molecule has 5 rings (SSSR count). The summed E-state index contributed by atoms with van der Waals surface area (Å²) in [5.41, 5.74) is 2.69. The fourth-order valence-electron chi connectivity index (χ4n) is 5.74. The number of hydrogen-bond acceptors (Lipinski definition) is 5. The van der Waals surface area contributed by atoms with Gasteiger partial charge in [-0.1, -0.05) is 72.8 Å². The second-order valence-electron chi connectivity index (χ2n) is 11.5. The third-order valence-electron chi connectivity index (χ3n) is 8.52. The highest BCUT2D eigenvalue weighted by Gasteiger charge is 2.44. The highest BCUT2D eigenvalue weighted by molar-refractivity contribution is 6.03. The van der Waals surface area contributed by atoms with Crippen molar-refractivity contribution in [1.82, 2.24) is 16.0 Å². The third-order valence-corrected chi connectivity index (χ3v) is 8.52. The summed E-state index contributed by atoms with van der Waals surface area (Å²) in [5.74, 6) is -1.84. The average molecular weight is 611 g/mol. The number of aryl methyl sites for hydroxylation is 1. The van der Waals surface area contributed by atoms with Crippen molar-refractivity contribution in [3.8, 4) is 0 Å². The van der Waals surface area contributed by atoms with Crippen LogP contribution in [0.3, 0.4) is 0 Å². The number of anilines is 1. The summed E-state index contributed by atoms with van der Waals surface area (Å²) in [4.78, 5) is 42.6. The van der Waals surface area contributed by atoms with Gasteiger partial charge in [0, 0.05) is 31.0 Å². The van der Waals surface area contributed by atoms with E-state index >= 15 is 0 Å². The van der Waals surface area contributed by atoms with Crippen LogP contribution < -0.4 is 20.9 Å². The minimum absolute atomic E-state index is 0.0367. The Hall–Kier alpha value is -4.60. The second-order valence-corrected chi connectivity index (χ2v) is 11.5. The summed E-state index contributed by atoms with van der Waals surface area (Å²) in [6.45, 7) is 3.95. The fraction of sp³-hybridized carbons (Fsp3) is 0.306. The molecule has 3 aromatic rings. The average Bonchev–Trinajstić information content (AvgIpc) is 3.45. The largest absolute Gasteiger partial charge is 0.350 e. The molecule has 0 spiro atoms. The van der Waals surface area contributed by atoms with E-state index in [9.17, 15) is 18.8 Å². The van der Waals surface area contributed by atoms with Gasteiger partial charge in [0.25, 0.3) is 0 Å². The van der Waals surface area contributed by atoms with E-state index in [1.807, 2.05) is 73.7 Å². The lowest BCUT2D eigenvalue weighted by Gasteiger charge is -2.40. The zero-order valence-corrected chi connectivity index (χ0v) is 25.8. The van der Waals surface area contributed by atoms with Crippen LogP contribution in [0.4, 0.5) is 10.1 Å². The number of benzene rings is 3. The topological polar surface area (TPSA) is 99.8 Å². The van der Waals surface area contributed by atoms with Gasteiger partial charge in [-0.2, -0.15) is 0 Å². The van der Waals surface area contributed by atoms with Crippen LogP contribution in [0.25, 0.3) is 0 Å². The van der Waals surface area contributed by atoms with Crippen molar-refractivity contribution in [2.24, 2.45) is 5.92 Å². The fourth-order valence-corrected chi connectivity index (χ4v) is 5.74. The van der Waals surface area contributed by atoms with Crippen molar-refractivity contribution in [3.05, 3.63) is 125 Å². The maximum absolute atomic E-state index is 14.3. The molecule has 2 aliphatic rings. The number of ether oxygens (including phenoxy) is 1. The van der Waals surface area contributed by atoms with Crippen molar-refractivity contribution in [1.29, 1.82) is 0 Å². The Balaban J connectivity index is 1.40. The lowest BCUT2D eigenvalue weighted by molar-refractivity contribution is -0.139. The Morgan fingerprint density at radius 2 is 1.80 bits per heavy atom. The van der Waals surface area contributed by atoms with E-state index < -0.39 is 23.7 Å². The normalized spacial score (nSPS) is 20.8. The summed E-state index contributed by atoms with van der Waals surface area (Å²) < 4.78 is 20.4. The van der Waals surface area contributed by atoms with Crippen LogP contribution >= 0.6 is 0 Å². The van der Waals surface area contributed by atoms with Crippen molar-refractivity contribution >= 4 is 23.4 Å². The number of likely N-dealkylation sites (N-methyl/N-ethyl adjacent to an activating group) is 1. The summed E-state index contributed by atoms with van der Waals surface area (Å²) in [7, 11) is 1.70. The summed E-state index contributed by atoms with van der Waals surface area (Å²) in [6, 6.07) is 20.3. The maximum atomic E-state index is 14.3. The van der Waals surface area contributed by atoms with E-state index in [4.69, 9.17) is 4.74 Å². The molecule has 8 nitrogen and oxygen atoms in total. The summed E-state index contributed by atoms with van der Waals surface area (Å²) in [5, 5.41) is 8.93. The highest BCUT2D eigenvalue weighted by Crippen LogP contribution is 2.36. The van der Waals surface area contributed by atoms with Crippen LogP contribution in [-0.4, -0.2) is 42.6 Å². The van der Waals surface area contributed by atoms with Gasteiger partial charge in [-0.15, -0.1) is 0 Å². The molecule has 234 valence electrons. The first kappa shape index (κ1) is 31.8. The molecule has 0 saturated heterocycles. The van der Waals surface area contributed by atoms with Crippen LogP contribution in [0.15, 0.2) is 97.1 Å². The molecule has 1 aliphatic carbocycles. The molecule has 2 unspecified atom stereocenters. The quantitative estimate of drug-likeness (QED) is 0.278. The molecule has 9 heteroatoms. The predicted octanol–water partition coefficient (Wildman–Crippen LogP) is 4.48. The van der Waals surface area contributed by atoms with E-state index in [1.54, 1.807) is 37.1 Å². The molecule has 1 aliphatic heterocycles. The molecule has 1 heterocycles. The smallest absolute Gasteiger partial charge is 0.243 e. The van der Waals surface area contributed by atoms with Gasteiger partial charge in [0.05, 0.1) is 12.6 Å². The van der Waals surface area contributed by atoms with Gasteiger partial charge in [0.2, 0.25) is 17.7 Å². The number of amides is 3. The molecular weight excluding hydrogens is 571 g/mol. The number of fused-ring (bicyclic) bond motifs is 1. The molecule has 0 saturated carbocycles. The molecule has 0 fully saturated rings. The number of nitrogens with one attached hydrogen (secondary N) is 3. The van der Waals surface area contributed by atoms with Crippen LogP contribution in [-0.2, 0) is 38.7 Å². The van der Waals surface area contributed by atoms with E-state index in [0.29, 0.717) is 17.7 Å². The number of rotatable bonds is 11. The Labute approximate surface area is 263 Å². The van der Waals surface area contributed by atoms with Crippen LogP contribution in [0.5, 0.6) is 0 Å². The monoisotopic (exact) mass is 610 g/mol. The van der Waals surface area contributed by atoms with Crippen LogP contribution in [0.1, 0.15) is 35.6 Å². The number of nitrogens with zero attached hydrogens (tertiary/aromatic N) is 1. The Kier molecular flexibility index (Phi) is 9.90. The lowest BCUT2D eigenvalue weighted by atomic mass is 9.86. The Bertz CT molecular complexity index is 1610. The van der Waals surface area contributed by atoms with E-state index in [2.05, 4.69) is 16.0 Å². The summed E-state index contributed by atoms with van der Waals surface area (Å²) >= 11 is 0. The van der Waals surface area contributed by atoms with Crippen LogP contribution in [0, 0.1) is 18.7 Å². The van der Waals surface area contributed by atoms with E-state index in [1.165, 1.54) is 12.1 Å². The minimum atomic E-state index is -1.31. The van der Waals surface area contributed by atoms with Crippen molar-refractivity contribution in [3.63, 3.8) is 0 Å². The first-order chi connectivity index (χ1) is 21.7. The number of hydrogen-bond donors (Lipinski definition) is 3. The third kappa shape index (κ3) is 7.21. The molecule has 45 heavy (non-hydrogen) atoms. The number of carbonyl (C=O) groups excluding carboxylic acids is 3. The molecular formula is C36H39FN4O4. The number of allylic oxidation sites excluding steroid dienone is 2. The zero-order valence-electron chi connectivity index (χ0n) is 25.8. The van der Waals surface area contributed by atoms with Gasteiger partial charge in [-0.05, 0) is 67.4 Å². The SMILES string of the molecule is CNC(C)C(=O)NC1(OCc2ccccc2)C=CC=C[C@@H]1CC(=O)N1c2ccccc2C[C@H]1C(=O)NCc1cc(F)ccc1C. The standard InChI is InChI=1S/C36H39FN4O4/c1-24-16-17-30(37)19-28(24)22-39-35(44)32-20-27-13-7-8-15-31(27)41(32)33(42)21-29-14-9-10-18-36(29,40-34(43)25(2)38-3)45-23-26-11-5-4-6-12-26/h4-19,25,29,32,38H,20-23H2,1-3H3,(H,39,44)(H,40,43)/t25?,29-,32+,36?/m1/s1. The molecule has 3 amide bonds. The van der Waals surface area contributed by atoms with Gasteiger partial charge in [0.15, 0.2) is 5.72 Å². The van der Waals surface area contributed by atoms with Gasteiger partial charge >= 0.3 is 0 Å². The molecule has 0 aromatic heterocycles. The first-order valence-corrected chi connectivity index (χ1v) is 15.2. The molecule has 0 radical (unpaired) electrons. The van der Waals surface area contributed by atoms with Gasteiger partial charge in [-0.3, -0.25) is 19.3 Å². The predicted molar refractivity (Wildman–Crippen MR) is 171 cm³/mol. The molecule has 3 aromatic carbocycles. The van der Waals surface area contributed by atoms with E-state index in [-0.39, 0.29) is 43.1 Å². The molecule has 4 atom stereocenters.